The van der Waals surface area contributed by atoms with Gasteiger partial charge < -0.3 is 14.7 Å². The molecule has 2 aromatic carbocycles. The number of carboxylic acid groups (broad SMARTS) is 1. The molecule has 4 nitrogen and oxygen atoms in total. The standard InChI is InChI=1S/C18H21NO3/c1-12(19(2)3)13-6-5-7-14(10-13)16-11-15(18(20)21)8-9-17(16)22-4/h5-12H,1-4H3,(H,20,21)/t12-/m0/s1. The lowest BCUT2D eigenvalue weighted by Crippen LogP contribution is -2.16. The molecule has 22 heavy (non-hydrogen) atoms. The lowest BCUT2D eigenvalue weighted by molar-refractivity contribution is 0.0697. The van der Waals surface area contributed by atoms with Gasteiger partial charge in [-0.1, -0.05) is 18.2 Å². The highest BCUT2D eigenvalue weighted by atomic mass is 16.5. The highest BCUT2D eigenvalue weighted by molar-refractivity contribution is 5.90. The Morgan fingerprint density at radius 1 is 1.18 bits per heavy atom. The molecule has 2 aromatic rings. The molecule has 0 saturated heterocycles. The minimum atomic E-state index is -0.943. The molecule has 0 fully saturated rings. The fourth-order valence-corrected chi connectivity index (χ4v) is 2.33. The number of aromatic carboxylic acids is 1. The fourth-order valence-electron chi connectivity index (χ4n) is 2.33. The van der Waals surface area contributed by atoms with E-state index in [1.165, 1.54) is 5.56 Å². The number of benzene rings is 2. The Hall–Kier alpha value is -2.33. The second-order valence-corrected chi connectivity index (χ2v) is 5.49. The molecule has 0 aliphatic heterocycles. The molecule has 0 radical (unpaired) electrons. The topological polar surface area (TPSA) is 49.8 Å². The van der Waals surface area contributed by atoms with Crippen LogP contribution in [-0.2, 0) is 0 Å². The minimum absolute atomic E-state index is 0.252. The zero-order valence-corrected chi connectivity index (χ0v) is 13.3. The highest BCUT2D eigenvalue weighted by Gasteiger charge is 2.13. The number of rotatable bonds is 5. The van der Waals surface area contributed by atoms with E-state index < -0.39 is 5.97 Å². The van der Waals surface area contributed by atoms with Crippen molar-refractivity contribution in [2.24, 2.45) is 0 Å². The van der Waals surface area contributed by atoms with E-state index in [4.69, 9.17) is 4.74 Å². The second-order valence-electron chi connectivity index (χ2n) is 5.49. The van der Waals surface area contributed by atoms with E-state index in [-0.39, 0.29) is 11.6 Å². The van der Waals surface area contributed by atoms with Crippen molar-refractivity contribution in [3.05, 3.63) is 53.6 Å². The van der Waals surface area contributed by atoms with Crippen molar-refractivity contribution in [1.29, 1.82) is 0 Å². The van der Waals surface area contributed by atoms with Crippen molar-refractivity contribution in [2.45, 2.75) is 13.0 Å². The first-order chi connectivity index (χ1) is 10.4. The van der Waals surface area contributed by atoms with Gasteiger partial charge in [0.1, 0.15) is 5.75 Å². The van der Waals surface area contributed by atoms with Crippen molar-refractivity contribution in [3.63, 3.8) is 0 Å². The predicted octanol–water partition coefficient (Wildman–Crippen LogP) is 3.68. The van der Waals surface area contributed by atoms with Gasteiger partial charge in [-0.15, -0.1) is 0 Å². The van der Waals surface area contributed by atoms with Crippen LogP contribution in [0.15, 0.2) is 42.5 Å². The van der Waals surface area contributed by atoms with E-state index >= 15 is 0 Å². The van der Waals surface area contributed by atoms with Crippen LogP contribution in [0.1, 0.15) is 28.9 Å². The first-order valence-corrected chi connectivity index (χ1v) is 7.12. The average Bonchev–Trinajstić information content (AvgIpc) is 2.53. The van der Waals surface area contributed by atoms with Crippen LogP contribution in [0.25, 0.3) is 11.1 Å². The van der Waals surface area contributed by atoms with Gasteiger partial charge in [0.15, 0.2) is 0 Å². The van der Waals surface area contributed by atoms with Gasteiger partial charge in [0.25, 0.3) is 0 Å². The van der Waals surface area contributed by atoms with Crippen molar-refractivity contribution in [3.8, 4) is 16.9 Å². The molecular weight excluding hydrogens is 278 g/mol. The van der Waals surface area contributed by atoms with Crippen LogP contribution in [0.5, 0.6) is 5.75 Å². The highest BCUT2D eigenvalue weighted by Crippen LogP contribution is 2.33. The molecule has 4 heteroatoms. The molecule has 0 bridgehead atoms. The van der Waals surface area contributed by atoms with Crippen LogP contribution in [-0.4, -0.2) is 37.2 Å². The third-order valence-corrected chi connectivity index (χ3v) is 3.90. The summed E-state index contributed by atoms with van der Waals surface area (Å²) in [7, 11) is 5.65. The molecule has 0 aromatic heterocycles. The first-order valence-electron chi connectivity index (χ1n) is 7.12. The van der Waals surface area contributed by atoms with E-state index in [1.54, 1.807) is 25.3 Å². The summed E-state index contributed by atoms with van der Waals surface area (Å²) in [4.78, 5) is 13.3. The van der Waals surface area contributed by atoms with Gasteiger partial charge in [-0.3, -0.25) is 0 Å². The zero-order chi connectivity index (χ0) is 16.3. The van der Waals surface area contributed by atoms with Crippen LogP contribution in [0, 0.1) is 0 Å². The van der Waals surface area contributed by atoms with Gasteiger partial charge in [-0.25, -0.2) is 4.79 Å². The third kappa shape index (κ3) is 3.28. The number of carbonyl (C=O) groups is 1. The monoisotopic (exact) mass is 299 g/mol. The van der Waals surface area contributed by atoms with Crippen LogP contribution in [0.4, 0.5) is 0 Å². The Balaban J connectivity index is 2.53. The quantitative estimate of drug-likeness (QED) is 0.915. The molecule has 0 aliphatic rings. The summed E-state index contributed by atoms with van der Waals surface area (Å²) in [5, 5.41) is 9.19. The average molecular weight is 299 g/mol. The number of hydrogen-bond acceptors (Lipinski definition) is 3. The summed E-state index contributed by atoms with van der Waals surface area (Å²) in [6.45, 7) is 2.13. The fraction of sp³-hybridized carbons (Fsp3) is 0.278. The van der Waals surface area contributed by atoms with Gasteiger partial charge in [0, 0.05) is 11.6 Å². The molecule has 0 spiro atoms. The molecule has 0 aliphatic carbocycles. The Morgan fingerprint density at radius 2 is 1.91 bits per heavy atom. The smallest absolute Gasteiger partial charge is 0.335 e. The summed E-state index contributed by atoms with van der Waals surface area (Å²) in [5.41, 5.74) is 3.16. The van der Waals surface area contributed by atoms with Crippen molar-refractivity contribution in [2.75, 3.05) is 21.2 Å². The number of ether oxygens (including phenoxy) is 1. The van der Waals surface area contributed by atoms with E-state index in [1.807, 2.05) is 26.2 Å². The van der Waals surface area contributed by atoms with E-state index in [0.29, 0.717) is 5.75 Å². The SMILES string of the molecule is COc1ccc(C(=O)O)cc1-c1cccc([C@H](C)N(C)C)c1. The van der Waals surface area contributed by atoms with Crippen LogP contribution in [0.2, 0.25) is 0 Å². The second kappa shape index (κ2) is 6.62. The normalized spacial score (nSPS) is 12.2. The van der Waals surface area contributed by atoms with Gasteiger partial charge in [-0.05, 0) is 56.4 Å². The lowest BCUT2D eigenvalue weighted by atomic mass is 9.97. The maximum atomic E-state index is 11.2. The number of carboxylic acids is 1. The summed E-state index contributed by atoms with van der Waals surface area (Å²) in [6.07, 6.45) is 0. The number of nitrogens with zero attached hydrogens (tertiary/aromatic N) is 1. The van der Waals surface area contributed by atoms with E-state index in [2.05, 4.69) is 24.0 Å². The summed E-state index contributed by atoms with van der Waals surface area (Å²) < 4.78 is 5.38. The van der Waals surface area contributed by atoms with E-state index in [9.17, 15) is 9.90 Å². The largest absolute Gasteiger partial charge is 0.496 e. The Morgan fingerprint density at radius 3 is 2.50 bits per heavy atom. The van der Waals surface area contributed by atoms with Crippen molar-refractivity contribution in [1.82, 2.24) is 4.90 Å². The molecule has 2 rings (SSSR count). The third-order valence-electron chi connectivity index (χ3n) is 3.90. The molecule has 0 heterocycles. The predicted molar refractivity (Wildman–Crippen MR) is 87.5 cm³/mol. The van der Waals surface area contributed by atoms with Crippen LogP contribution >= 0.6 is 0 Å². The molecule has 1 atom stereocenters. The maximum absolute atomic E-state index is 11.2. The van der Waals surface area contributed by atoms with Crippen molar-refractivity contribution < 1.29 is 14.6 Å². The summed E-state index contributed by atoms with van der Waals surface area (Å²) >= 11 is 0. The number of hydrogen-bond donors (Lipinski definition) is 1. The molecule has 0 unspecified atom stereocenters. The molecule has 1 N–H and O–H groups in total. The maximum Gasteiger partial charge on any atom is 0.335 e. The van der Waals surface area contributed by atoms with Gasteiger partial charge in [0.2, 0.25) is 0 Å². The zero-order valence-electron chi connectivity index (χ0n) is 13.3. The molecular formula is C18H21NO3. The van der Waals surface area contributed by atoms with Gasteiger partial charge >= 0.3 is 5.97 Å². The first kappa shape index (κ1) is 16.0. The van der Waals surface area contributed by atoms with Crippen LogP contribution in [0.3, 0.4) is 0 Å². The number of methoxy groups -OCH3 is 1. The lowest BCUT2D eigenvalue weighted by Gasteiger charge is -2.21. The summed E-state index contributed by atoms with van der Waals surface area (Å²) in [5.74, 6) is -0.277. The molecule has 0 saturated carbocycles. The Bertz CT molecular complexity index is 680. The van der Waals surface area contributed by atoms with Crippen LogP contribution < -0.4 is 4.74 Å². The molecule has 116 valence electrons. The van der Waals surface area contributed by atoms with Crippen molar-refractivity contribution >= 4 is 5.97 Å². The van der Waals surface area contributed by atoms with Gasteiger partial charge in [0.05, 0.1) is 12.7 Å². The van der Waals surface area contributed by atoms with Gasteiger partial charge in [-0.2, -0.15) is 0 Å². The Labute approximate surface area is 131 Å². The van der Waals surface area contributed by atoms with E-state index in [0.717, 1.165) is 11.1 Å². The molecule has 0 amide bonds. The Kier molecular flexibility index (Phi) is 4.83. The summed E-state index contributed by atoms with van der Waals surface area (Å²) in [6, 6.07) is 13.3. The minimum Gasteiger partial charge on any atom is -0.496 e.